The third-order valence-electron chi connectivity index (χ3n) is 5.13. The fourth-order valence-corrected chi connectivity index (χ4v) is 6.14. The van der Waals surface area contributed by atoms with Gasteiger partial charge in [-0.15, -0.1) is 0 Å². The molecule has 1 aliphatic heterocycles. The van der Waals surface area contributed by atoms with Gasteiger partial charge in [-0.3, -0.25) is 11.3 Å². The summed E-state index contributed by atoms with van der Waals surface area (Å²) in [4.78, 5) is 0. The summed E-state index contributed by atoms with van der Waals surface area (Å²) in [5.74, 6) is 7.26. The molecule has 3 N–H and O–H groups in total. The molecule has 0 spiro atoms. The minimum atomic E-state index is -2.95. The summed E-state index contributed by atoms with van der Waals surface area (Å²) in [5, 5.41) is -0.258. The predicted molar refractivity (Wildman–Crippen MR) is 78.3 cm³/mol. The Morgan fingerprint density at radius 2 is 2.00 bits per heavy atom. The summed E-state index contributed by atoms with van der Waals surface area (Å²) in [5.41, 5.74) is 2.86. The van der Waals surface area contributed by atoms with Gasteiger partial charge in [0.2, 0.25) is 0 Å². The Morgan fingerprint density at radius 3 is 2.63 bits per heavy atom. The van der Waals surface area contributed by atoms with E-state index in [1.165, 1.54) is 19.3 Å². The quantitative estimate of drug-likeness (QED) is 0.613. The van der Waals surface area contributed by atoms with E-state index in [1.807, 2.05) is 0 Å². The van der Waals surface area contributed by atoms with E-state index in [4.69, 9.17) is 5.84 Å². The molecule has 0 amide bonds. The zero-order valence-electron chi connectivity index (χ0n) is 12.0. The maximum Gasteiger partial charge on any atom is 0.154 e. The molecule has 4 nitrogen and oxygen atoms in total. The van der Waals surface area contributed by atoms with Crippen LogP contribution < -0.4 is 11.3 Å². The molecule has 1 aliphatic carbocycles. The van der Waals surface area contributed by atoms with Crippen LogP contribution in [0.1, 0.15) is 58.3 Å². The summed E-state index contributed by atoms with van der Waals surface area (Å²) in [6, 6.07) is -0.0420. The fourth-order valence-electron chi connectivity index (χ4n) is 3.96. The topological polar surface area (TPSA) is 72.2 Å². The second-order valence-electron chi connectivity index (χ2n) is 6.29. The SMILES string of the molecule is CCC1CCCC(C(NN)C2CCCCS2(=O)=O)C1. The Morgan fingerprint density at radius 1 is 1.21 bits per heavy atom. The van der Waals surface area contributed by atoms with Crippen LogP contribution in [0.15, 0.2) is 0 Å². The predicted octanol–water partition coefficient (Wildman–Crippen LogP) is 2.00. The van der Waals surface area contributed by atoms with E-state index in [0.29, 0.717) is 11.7 Å². The highest BCUT2D eigenvalue weighted by atomic mass is 32.2. The van der Waals surface area contributed by atoms with Gasteiger partial charge < -0.3 is 0 Å². The first-order valence-corrected chi connectivity index (χ1v) is 9.47. The van der Waals surface area contributed by atoms with Crippen molar-refractivity contribution in [2.75, 3.05) is 5.75 Å². The van der Waals surface area contributed by atoms with Crippen molar-refractivity contribution < 1.29 is 8.42 Å². The van der Waals surface area contributed by atoms with Crippen molar-refractivity contribution in [1.29, 1.82) is 0 Å². The lowest BCUT2D eigenvalue weighted by Crippen LogP contribution is -2.54. The minimum absolute atomic E-state index is 0.0420. The molecule has 2 rings (SSSR count). The highest BCUT2D eigenvalue weighted by Crippen LogP contribution is 2.36. The molecule has 2 aliphatic rings. The molecule has 0 aromatic carbocycles. The number of hydrogen-bond acceptors (Lipinski definition) is 4. The maximum atomic E-state index is 12.3. The zero-order valence-corrected chi connectivity index (χ0v) is 12.8. The first-order valence-electron chi connectivity index (χ1n) is 7.76. The van der Waals surface area contributed by atoms with E-state index in [0.717, 1.165) is 38.0 Å². The van der Waals surface area contributed by atoms with Crippen molar-refractivity contribution in [1.82, 2.24) is 5.43 Å². The highest BCUT2D eigenvalue weighted by molar-refractivity contribution is 7.92. The van der Waals surface area contributed by atoms with Crippen LogP contribution in [0.3, 0.4) is 0 Å². The van der Waals surface area contributed by atoms with E-state index in [9.17, 15) is 8.42 Å². The van der Waals surface area contributed by atoms with Gasteiger partial charge in [0.15, 0.2) is 9.84 Å². The van der Waals surface area contributed by atoms with Gasteiger partial charge in [-0.05, 0) is 37.5 Å². The fraction of sp³-hybridized carbons (Fsp3) is 1.00. The van der Waals surface area contributed by atoms with Gasteiger partial charge >= 0.3 is 0 Å². The summed E-state index contributed by atoms with van der Waals surface area (Å²) in [7, 11) is -2.95. The number of nitrogens with one attached hydrogen (secondary N) is 1. The van der Waals surface area contributed by atoms with E-state index < -0.39 is 9.84 Å². The molecule has 1 saturated heterocycles. The van der Waals surface area contributed by atoms with Crippen LogP contribution in [0.4, 0.5) is 0 Å². The first kappa shape index (κ1) is 15.3. The van der Waals surface area contributed by atoms with Crippen molar-refractivity contribution in [3.05, 3.63) is 0 Å². The van der Waals surface area contributed by atoms with Crippen molar-refractivity contribution in [3.63, 3.8) is 0 Å². The average Bonchev–Trinajstić information content (AvgIpc) is 2.41. The molecule has 5 heteroatoms. The lowest BCUT2D eigenvalue weighted by molar-refractivity contribution is 0.200. The number of nitrogens with two attached hydrogens (primary N) is 1. The molecule has 0 bridgehead atoms. The molecule has 0 radical (unpaired) electrons. The Labute approximate surface area is 117 Å². The molecule has 4 unspecified atom stereocenters. The number of sulfone groups is 1. The van der Waals surface area contributed by atoms with E-state index in [2.05, 4.69) is 12.3 Å². The van der Waals surface area contributed by atoms with Gasteiger partial charge in [-0.2, -0.15) is 0 Å². The van der Waals surface area contributed by atoms with Crippen molar-refractivity contribution in [3.8, 4) is 0 Å². The third-order valence-corrected chi connectivity index (χ3v) is 7.44. The van der Waals surface area contributed by atoms with Crippen molar-refractivity contribution in [2.45, 2.75) is 69.6 Å². The smallest absolute Gasteiger partial charge is 0.154 e. The number of hydrogen-bond donors (Lipinski definition) is 2. The van der Waals surface area contributed by atoms with Gasteiger partial charge in [-0.1, -0.05) is 32.6 Å². The van der Waals surface area contributed by atoms with Gasteiger partial charge in [0.05, 0.1) is 11.0 Å². The van der Waals surface area contributed by atoms with Crippen molar-refractivity contribution >= 4 is 9.84 Å². The average molecular weight is 288 g/mol. The largest absolute Gasteiger partial charge is 0.271 e. The third kappa shape index (κ3) is 3.50. The maximum absolute atomic E-state index is 12.3. The second-order valence-corrected chi connectivity index (χ2v) is 8.63. The van der Waals surface area contributed by atoms with Gasteiger partial charge in [0, 0.05) is 6.04 Å². The van der Waals surface area contributed by atoms with Gasteiger partial charge in [0.25, 0.3) is 0 Å². The highest BCUT2D eigenvalue weighted by Gasteiger charge is 2.40. The molecule has 2 fully saturated rings. The standard InChI is InChI=1S/C14H28N2O2S/c1-2-11-6-5-7-12(10-11)14(16-15)13-8-3-4-9-19(13,17)18/h11-14,16H,2-10,15H2,1H3. The summed E-state index contributed by atoms with van der Waals surface area (Å²) < 4.78 is 24.6. The van der Waals surface area contributed by atoms with E-state index >= 15 is 0 Å². The second kappa shape index (κ2) is 6.55. The van der Waals surface area contributed by atoms with Crippen LogP contribution in [0, 0.1) is 11.8 Å². The van der Waals surface area contributed by atoms with Gasteiger partial charge in [0.1, 0.15) is 0 Å². The van der Waals surface area contributed by atoms with Crippen molar-refractivity contribution in [2.24, 2.45) is 17.7 Å². The van der Waals surface area contributed by atoms with E-state index in [-0.39, 0.29) is 11.3 Å². The van der Waals surface area contributed by atoms with Crippen LogP contribution in [-0.4, -0.2) is 25.5 Å². The minimum Gasteiger partial charge on any atom is -0.271 e. The molecule has 0 aromatic heterocycles. The molecule has 1 heterocycles. The van der Waals surface area contributed by atoms with Crippen LogP contribution in [0.5, 0.6) is 0 Å². The normalized spacial score (nSPS) is 36.8. The molecular weight excluding hydrogens is 260 g/mol. The van der Waals surface area contributed by atoms with Crippen LogP contribution in [0.25, 0.3) is 0 Å². The summed E-state index contributed by atoms with van der Waals surface area (Å²) >= 11 is 0. The summed E-state index contributed by atoms with van der Waals surface area (Å²) in [6.45, 7) is 2.23. The molecule has 0 aromatic rings. The monoisotopic (exact) mass is 288 g/mol. The Hall–Kier alpha value is -0.130. The Balaban J connectivity index is 2.10. The lowest BCUT2D eigenvalue weighted by atomic mass is 9.75. The molecule has 4 atom stereocenters. The van der Waals surface area contributed by atoms with Gasteiger partial charge in [-0.25, -0.2) is 8.42 Å². The van der Waals surface area contributed by atoms with E-state index in [1.54, 1.807) is 0 Å². The van der Waals surface area contributed by atoms with Crippen LogP contribution in [-0.2, 0) is 9.84 Å². The van der Waals surface area contributed by atoms with Crippen LogP contribution in [0.2, 0.25) is 0 Å². The van der Waals surface area contributed by atoms with Crippen LogP contribution >= 0.6 is 0 Å². The Kier molecular flexibility index (Phi) is 5.26. The first-order chi connectivity index (χ1) is 9.08. The zero-order chi connectivity index (χ0) is 13.9. The molecule has 1 saturated carbocycles. The summed E-state index contributed by atoms with van der Waals surface area (Å²) in [6.07, 6.45) is 8.59. The Bertz CT molecular complexity index is 383. The number of rotatable bonds is 4. The lowest BCUT2D eigenvalue weighted by Gasteiger charge is -2.39. The number of hydrazine groups is 1. The molecule has 19 heavy (non-hydrogen) atoms. The molecular formula is C14H28N2O2S. The molecule has 112 valence electrons.